The molecule has 0 radical (unpaired) electrons. The largest absolute Gasteiger partial charge is 0.573 e. The van der Waals surface area contributed by atoms with Gasteiger partial charge in [0.1, 0.15) is 35.1 Å². The first-order chi connectivity index (χ1) is 15.7. The molecular formula is C23H19F4N3O3. The molecule has 0 bridgehead atoms. The van der Waals surface area contributed by atoms with Crippen LogP contribution in [0.5, 0.6) is 11.5 Å². The molecule has 2 heterocycles. The number of aryl methyl sites for hydroxylation is 1. The minimum Gasteiger partial charge on any atom is -0.490 e. The van der Waals surface area contributed by atoms with Crippen LogP contribution in [-0.4, -0.2) is 30.1 Å². The Hall–Kier alpha value is -3.74. The number of ether oxygens (including phenoxy) is 2. The summed E-state index contributed by atoms with van der Waals surface area (Å²) in [5.41, 5.74) is -0.0712. The molecule has 0 amide bonds. The van der Waals surface area contributed by atoms with Crippen molar-refractivity contribution in [1.29, 1.82) is 5.26 Å². The number of hydrogen-bond donors (Lipinski definition) is 0. The summed E-state index contributed by atoms with van der Waals surface area (Å²) in [5, 5.41) is 10.1. The number of pyridine rings is 1. The minimum atomic E-state index is -4.76. The average Bonchev–Trinajstić information content (AvgIpc) is 2.77. The lowest BCUT2D eigenvalue weighted by Crippen LogP contribution is -2.40. The first kappa shape index (κ1) is 22.5. The van der Waals surface area contributed by atoms with Crippen molar-refractivity contribution in [3.05, 3.63) is 64.2 Å². The monoisotopic (exact) mass is 461 g/mol. The van der Waals surface area contributed by atoms with Gasteiger partial charge in [0.2, 0.25) is 0 Å². The van der Waals surface area contributed by atoms with E-state index < -0.39 is 17.7 Å². The number of piperidine rings is 1. The Labute approximate surface area is 186 Å². The third-order valence-corrected chi connectivity index (χ3v) is 5.56. The molecule has 0 saturated carbocycles. The van der Waals surface area contributed by atoms with Crippen molar-refractivity contribution in [3.63, 3.8) is 0 Å². The summed E-state index contributed by atoms with van der Waals surface area (Å²) in [4.78, 5) is 14.6. The fourth-order valence-electron chi connectivity index (χ4n) is 4.09. The van der Waals surface area contributed by atoms with Gasteiger partial charge < -0.3 is 18.9 Å². The van der Waals surface area contributed by atoms with Crippen molar-refractivity contribution >= 4 is 16.6 Å². The van der Waals surface area contributed by atoms with Gasteiger partial charge in [0.15, 0.2) is 0 Å². The van der Waals surface area contributed by atoms with E-state index in [0.717, 1.165) is 4.57 Å². The van der Waals surface area contributed by atoms with Crippen LogP contribution in [0.3, 0.4) is 0 Å². The van der Waals surface area contributed by atoms with Crippen LogP contribution in [0.1, 0.15) is 18.4 Å². The van der Waals surface area contributed by atoms with Crippen molar-refractivity contribution in [1.82, 2.24) is 4.57 Å². The number of benzene rings is 2. The molecule has 1 saturated heterocycles. The third kappa shape index (κ3) is 4.58. The topological polar surface area (TPSA) is 67.5 Å². The molecule has 10 heteroatoms. The van der Waals surface area contributed by atoms with Gasteiger partial charge in [-0.3, -0.25) is 4.79 Å². The van der Waals surface area contributed by atoms with Gasteiger partial charge in [-0.05, 0) is 30.3 Å². The average molecular weight is 461 g/mol. The third-order valence-electron chi connectivity index (χ3n) is 5.56. The molecular weight excluding hydrogens is 442 g/mol. The van der Waals surface area contributed by atoms with Gasteiger partial charge >= 0.3 is 6.36 Å². The van der Waals surface area contributed by atoms with Crippen LogP contribution in [-0.2, 0) is 7.05 Å². The van der Waals surface area contributed by atoms with Gasteiger partial charge in [-0.15, -0.1) is 13.2 Å². The molecule has 6 nitrogen and oxygen atoms in total. The van der Waals surface area contributed by atoms with Gasteiger partial charge in [0.05, 0.1) is 11.2 Å². The van der Waals surface area contributed by atoms with Crippen LogP contribution < -0.4 is 19.9 Å². The molecule has 0 N–H and O–H groups in total. The van der Waals surface area contributed by atoms with E-state index in [1.54, 1.807) is 6.07 Å². The minimum absolute atomic E-state index is 0.0461. The van der Waals surface area contributed by atoms with E-state index in [4.69, 9.17) is 4.74 Å². The van der Waals surface area contributed by atoms with E-state index in [-0.39, 0.29) is 22.9 Å². The molecule has 3 aromatic rings. The SMILES string of the molecule is Cn1c(=O)c(C#N)c(N2CCC(Oc3ccc(OC(F)(F)F)cc3)CC2)c2cccc(F)c21. The molecule has 2 aromatic carbocycles. The van der Waals surface area contributed by atoms with E-state index in [1.165, 1.54) is 43.4 Å². The van der Waals surface area contributed by atoms with Gasteiger partial charge in [-0.1, -0.05) is 12.1 Å². The summed E-state index contributed by atoms with van der Waals surface area (Å²) in [5.74, 6) is -0.478. The molecule has 1 aliphatic rings. The second kappa shape index (κ2) is 8.65. The van der Waals surface area contributed by atoms with E-state index in [0.29, 0.717) is 42.8 Å². The van der Waals surface area contributed by atoms with Crippen LogP contribution in [0.15, 0.2) is 47.3 Å². The number of para-hydroxylation sites is 1. The van der Waals surface area contributed by atoms with E-state index in [2.05, 4.69) is 4.74 Å². The van der Waals surface area contributed by atoms with E-state index in [1.807, 2.05) is 11.0 Å². The van der Waals surface area contributed by atoms with Crippen LogP contribution in [0, 0.1) is 17.1 Å². The first-order valence-corrected chi connectivity index (χ1v) is 10.2. The molecule has 1 aliphatic heterocycles. The van der Waals surface area contributed by atoms with Crippen molar-refractivity contribution in [3.8, 4) is 17.6 Å². The van der Waals surface area contributed by atoms with Gasteiger partial charge in [0.25, 0.3) is 5.56 Å². The molecule has 172 valence electrons. The van der Waals surface area contributed by atoms with Crippen molar-refractivity contribution in [2.45, 2.75) is 25.3 Å². The highest BCUT2D eigenvalue weighted by atomic mass is 19.4. The number of rotatable bonds is 4. The molecule has 33 heavy (non-hydrogen) atoms. The Morgan fingerprint density at radius 2 is 1.70 bits per heavy atom. The van der Waals surface area contributed by atoms with Crippen molar-refractivity contribution < 1.29 is 27.0 Å². The van der Waals surface area contributed by atoms with Gasteiger partial charge in [-0.2, -0.15) is 5.26 Å². The number of nitrogens with zero attached hydrogens (tertiary/aromatic N) is 3. The zero-order chi connectivity index (χ0) is 23.8. The summed E-state index contributed by atoms with van der Waals surface area (Å²) in [6, 6.07) is 11.6. The van der Waals surface area contributed by atoms with Crippen molar-refractivity contribution in [2.24, 2.45) is 7.05 Å². The van der Waals surface area contributed by atoms with E-state index >= 15 is 0 Å². The quantitative estimate of drug-likeness (QED) is 0.536. The lowest BCUT2D eigenvalue weighted by molar-refractivity contribution is -0.274. The maximum absolute atomic E-state index is 14.5. The maximum atomic E-state index is 14.5. The second-order valence-electron chi connectivity index (χ2n) is 7.66. The second-order valence-corrected chi connectivity index (χ2v) is 7.66. The number of halogens is 4. The fourth-order valence-corrected chi connectivity index (χ4v) is 4.09. The summed E-state index contributed by atoms with van der Waals surface area (Å²) >= 11 is 0. The highest BCUT2D eigenvalue weighted by Gasteiger charge is 2.31. The summed E-state index contributed by atoms with van der Waals surface area (Å²) in [7, 11) is 1.43. The molecule has 0 atom stereocenters. The Bertz CT molecular complexity index is 1270. The molecule has 1 aromatic heterocycles. The van der Waals surface area contributed by atoms with E-state index in [9.17, 15) is 27.6 Å². The summed E-state index contributed by atoms with van der Waals surface area (Å²) < 4.78 is 62.2. The number of alkyl halides is 3. The summed E-state index contributed by atoms with van der Waals surface area (Å²) in [6.07, 6.45) is -3.89. The Kier molecular flexibility index (Phi) is 5.89. The van der Waals surface area contributed by atoms with Crippen molar-refractivity contribution in [2.75, 3.05) is 18.0 Å². The predicted octanol–water partition coefficient (Wildman–Crippen LogP) is 4.50. The number of anilines is 1. The number of aromatic nitrogens is 1. The normalized spacial score (nSPS) is 14.8. The first-order valence-electron chi connectivity index (χ1n) is 10.2. The molecule has 4 rings (SSSR count). The molecule has 0 spiro atoms. The molecule has 0 aliphatic carbocycles. The van der Waals surface area contributed by atoms with Gasteiger partial charge in [-0.25, -0.2) is 4.39 Å². The Morgan fingerprint density at radius 3 is 2.30 bits per heavy atom. The smallest absolute Gasteiger partial charge is 0.490 e. The lowest BCUT2D eigenvalue weighted by Gasteiger charge is -2.35. The maximum Gasteiger partial charge on any atom is 0.573 e. The fraction of sp³-hybridized carbons (Fsp3) is 0.304. The molecule has 1 fully saturated rings. The Balaban J connectivity index is 1.52. The summed E-state index contributed by atoms with van der Waals surface area (Å²) in [6.45, 7) is 0.904. The molecule has 0 unspecified atom stereocenters. The zero-order valence-electron chi connectivity index (χ0n) is 17.5. The van der Waals surface area contributed by atoms with Crippen LogP contribution in [0.4, 0.5) is 23.2 Å². The number of hydrogen-bond acceptors (Lipinski definition) is 5. The Morgan fingerprint density at radius 1 is 1.06 bits per heavy atom. The lowest BCUT2D eigenvalue weighted by atomic mass is 10.0. The van der Waals surface area contributed by atoms with Crippen LogP contribution in [0.2, 0.25) is 0 Å². The standard InChI is InChI=1S/C23H19F4N3O3/c1-29-21-17(3-2-4-19(21)24)20(18(13-28)22(29)31)30-11-9-15(10-12-30)32-14-5-7-16(8-6-14)33-23(25,26)27/h2-8,15H,9-12H2,1H3. The number of fused-ring (bicyclic) bond motifs is 1. The highest BCUT2D eigenvalue weighted by Crippen LogP contribution is 2.33. The van der Waals surface area contributed by atoms with Crippen LogP contribution in [0.25, 0.3) is 10.9 Å². The van der Waals surface area contributed by atoms with Gasteiger partial charge in [0, 0.05) is 38.4 Å². The predicted molar refractivity (Wildman–Crippen MR) is 113 cm³/mol. The highest BCUT2D eigenvalue weighted by molar-refractivity contribution is 5.95. The zero-order valence-corrected chi connectivity index (χ0v) is 17.5. The number of nitriles is 1. The van der Waals surface area contributed by atoms with Crippen LogP contribution >= 0.6 is 0 Å².